The summed E-state index contributed by atoms with van der Waals surface area (Å²) in [6.45, 7) is 0.752. The second-order valence-corrected chi connectivity index (χ2v) is 5.37. The molecule has 1 aliphatic carbocycles. The van der Waals surface area contributed by atoms with Crippen LogP contribution < -0.4 is 11.1 Å². The van der Waals surface area contributed by atoms with Crippen molar-refractivity contribution in [1.82, 2.24) is 5.32 Å². The SMILES string of the molecule is N[C@H](Cc1ccc(O)cc1)C(=O)NCC1CCCC1. The van der Waals surface area contributed by atoms with E-state index in [0.717, 1.165) is 12.1 Å². The quantitative estimate of drug-likeness (QED) is 0.754. The zero-order valence-corrected chi connectivity index (χ0v) is 11.1. The molecular formula is C15H22N2O2. The topological polar surface area (TPSA) is 75.3 Å². The van der Waals surface area contributed by atoms with Crippen molar-refractivity contribution in [3.63, 3.8) is 0 Å². The first kappa shape index (κ1) is 13.9. The van der Waals surface area contributed by atoms with Crippen molar-refractivity contribution in [3.8, 4) is 5.75 Å². The molecule has 0 saturated heterocycles. The highest BCUT2D eigenvalue weighted by molar-refractivity contribution is 5.81. The van der Waals surface area contributed by atoms with Crippen LogP contribution in [0.15, 0.2) is 24.3 Å². The second kappa shape index (κ2) is 6.57. The van der Waals surface area contributed by atoms with Crippen LogP contribution in [0.25, 0.3) is 0 Å². The maximum absolute atomic E-state index is 11.9. The van der Waals surface area contributed by atoms with E-state index in [9.17, 15) is 9.90 Å². The molecule has 4 heteroatoms. The van der Waals surface area contributed by atoms with E-state index in [-0.39, 0.29) is 11.7 Å². The number of amides is 1. The Hall–Kier alpha value is -1.55. The summed E-state index contributed by atoms with van der Waals surface area (Å²) in [5.41, 5.74) is 6.86. The monoisotopic (exact) mass is 262 g/mol. The zero-order chi connectivity index (χ0) is 13.7. The van der Waals surface area contributed by atoms with Crippen molar-refractivity contribution < 1.29 is 9.90 Å². The molecule has 0 spiro atoms. The molecule has 1 aromatic carbocycles. The highest BCUT2D eigenvalue weighted by atomic mass is 16.3. The molecule has 0 aliphatic heterocycles. The van der Waals surface area contributed by atoms with E-state index in [0.29, 0.717) is 12.3 Å². The Morgan fingerprint density at radius 2 is 1.95 bits per heavy atom. The van der Waals surface area contributed by atoms with Gasteiger partial charge in [0, 0.05) is 6.54 Å². The summed E-state index contributed by atoms with van der Waals surface area (Å²) < 4.78 is 0. The number of carbonyl (C=O) groups is 1. The minimum Gasteiger partial charge on any atom is -0.508 e. The van der Waals surface area contributed by atoms with Crippen LogP contribution in [-0.2, 0) is 11.2 Å². The average Bonchev–Trinajstić information content (AvgIpc) is 2.91. The van der Waals surface area contributed by atoms with Crippen LogP contribution in [0.4, 0.5) is 0 Å². The van der Waals surface area contributed by atoms with Gasteiger partial charge in [0.15, 0.2) is 0 Å². The van der Waals surface area contributed by atoms with Crippen LogP contribution in [0.5, 0.6) is 5.75 Å². The predicted octanol–water partition coefficient (Wildman–Crippen LogP) is 1.57. The maximum Gasteiger partial charge on any atom is 0.237 e. The molecule has 0 aromatic heterocycles. The summed E-state index contributed by atoms with van der Waals surface area (Å²) in [4.78, 5) is 11.9. The fraction of sp³-hybridized carbons (Fsp3) is 0.533. The van der Waals surface area contributed by atoms with E-state index in [1.807, 2.05) is 0 Å². The highest BCUT2D eigenvalue weighted by Crippen LogP contribution is 2.23. The third kappa shape index (κ3) is 4.24. The summed E-state index contributed by atoms with van der Waals surface area (Å²) in [6.07, 6.45) is 5.48. The minimum atomic E-state index is -0.522. The molecule has 0 radical (unpaired) electrons. The molecule has 1 fully saturated rings. The lowest BCUT2D eigenvalue weighted by Gasteiger charge is -2.15. The minimum absolute atomic E-state index is 0.0834. The number of nitrogens with one attached hydrogen (secondary N) is 1. The predicted molar refractivity (Wildman–Crippen MR) is 74.8 cm³/mol. The van der Waals surface area contributed by atoms with Gasteiger partial charge >= 0.3 is 0 Å². The molecule has 4 N–H and O–H groups in total. The smallest absolute Gasteiger partial charge is 0.237 e. The van der Waals surface area contributed by atoms with Gasteiger partial charge < -0.3 is 16.2 Å². The number of hydrogen-bond acceptors (Lipinski definition) is 3. The van der Waals surface area contributed by atoms with Crippen molar-refractivity contribution in [2.24, 2.45) is 11.7 Å². The van der Waals surface area contributed by atoms with E-state index >= 15 is 0 Å². The van der Waals surface area contributed by atoms with Gasteiger partial charge in [-0.2, -0.15) is 0 Å². The number of hydrogen-bond donors (Lipinski definition) is 3. The van der Waals surface area contributed by atoms with Gasteiger partial charge in [-0.1, -0.05) is 25.0 Å². The van der Waals surface area contributed by atoms with Crippen LogP contribution >= 0.6 is 0 Å². The second-order valence-electron chi connectivity index (χ2n) is 5.37. The molecule has 0 unspecified atom stereocenters. The van der Waals surface area contributed by atoms with Gasteiger partial charge in [0.05, 0.1) is 6.04 Å². The van der Waals surface area contributed by atoms with Gasteiger partial charge in [0.25, 0.3) is 0 Å². The molecule has 0 heterocycles. The molecule has 1 atom stereocenters. The van der Waals surface area contributed by atoms with E-state index < -0.39 is 6.04 Å². The summed E-state index contributed by atoms with van der Waals surface area (Å²) in [6, 6.07) is 6.28. The lowest BCUT2D eigenvalue weighted by molar-refractivity contribution is -0.122. The third-order valence-electron chi connectivity index (χ3n) is 3.77. The maximum atomic E-state index is 11.9. The van der Waals surface area contributed by atoms with Gasteiger partial charge in [-0.15, -0.1) is 0 Å². The fourth-order valence-corrected chi connectivity index (χ4v) is 2.57. The number of phenols is 1. The van der Waals surface area contributed by atoms with Gasteiger partial charge in [-0.25, -0.2) is 0 Å². The molecule has 1 aliphatic rings. The average molecular weight is 262 g/mol. The van der Waals surface area contributed by atoms with Crippen molar-refractivity contribution in [3.05, 3.63) is 29.8 Å². The highest BCUT2D eigenvalue weighted by Gasteiger charge is 2.18. The molecule has 1 aromatic rings. The fourth-order valence-electron chi connectivity index (χ4n) is 2.57. The lowest BCUT2D eigenvalue weighted by atomic mass is 10.0. The Bertz CT molecular complexity index is 411. The lowest BCUT2D eigenvalue weighted by Crippen LogP contribution is -2.43. The van der Waals surface area contributed by atoms with Crippen LogP contribution in [0.1, 0.15) is 31.2 Å². The molecule has 2 rings (SSSR count). The van der Waals surface area contributed by atoms with Gasteiger partial charge in [0.1, 0.15) is 5.75 Å². The van der Waals surface area contributed by atoms with E-state index in [1.165, 1.54) is 25.7 Å². The molecular weight excluding hydrogens is 240 g/mol. The van der Waals surface area contributed by atoms with Gasteiger partial charge in [-0.3, -0.25) is 4.79 Å². The molecule has 1 saturated carbocycles. The first-order chi connectivity index (χ1) is 9.15. The standard InChI is InChI=1S/C15H22N2O2/c16-14(9-11-5-7-13(18)8-6-11)15(19)17-10-12-3-1-2-4-12/h5-8,12,14,18H,1-4,9-10,16H2,(H,17,19)/t14-/m1/s1. The van der Waals surface area contributed by atoms with Crippen molar-refractivity contribution >= 4 is 5.91 Å². The van der Waals surface area contributed by atoms with E-state index in [4.69, 9.17) is 5.73 Å². The summed E-state index contributed by atoms with van der Waals surface area (Å²) in [7, 11) is 0. The van der Waals surface area contributed by atoms with Crippen LogP contribution in [0.3, 0.4) is 0 Å². The Balaban J connectivity index is 1.76. The van der Waals surface area contributed by atoms with Gasteiger partial charge in [0.2, 0.25) is 5.91 Å². The summed E-state index contributed by atoms with van der Waals surface area (Å²) in [5.74, 6) is 0.771. The van der Waals surface area contributed by atoms with Crippen LogP contribution in [0.2, 0.25) is 0 Å². The Morgan fingerprint density at radius 1 is 1.32 bits per heavy atom. The Labute approximate surface area is 114 Å². The first-order valence-corrected chi connectivity index (χ1v) is 6.96. The van der Waals surface area contributed by atoms with E-state index in [2.05, 4.69) is 5.32 Å². The largest absolute Gasteiger partial charge is 0.508 e. The number of benzene rings is 1. The number of aromatic hydroxyl groups is 1. The van der Waals surface area contributed by atoms with Crippen molar-refractivity contribution in [2.45, 2.75) is 38.1 Å². The first-order valence-electron chi connectivity index (χ1n) is 6.96. The number of carbonyl (C=O) groups excluding carboxylic acids is 1. The molecule has 0 bridgehead atoms. The van der Waals surface area contributed by atoms with Crippen LogP contribution in [0, 0.1) is 5.92 Å². The van der Waals surface area contributed by atoms with Crippen molar-refractivity contribution in [2.75, 3.05) is 6.54 Å². The molecule has 104 valence electrons. The normalized spacial score (nSPS) is 17.3. The molecule has 4 nitrogen and oxygen atoms in total. The zero-order valence-electron chi connectivity index (χ0n) is 11.1. The van der Waals surface area contributed by atoms with E-state index in [1.54, 1.807) is 24.3 Å². The summed E-state index contributed by atoms with van der Waals surface area (Å²) in [5, 5.41) is 12.1. The van der Waals surface area contributed by atoms with Gasteiger partial charge in [-0.05, 0) is 42.9 Å². The Kier molecular flexibility index (Phi) is 4.80. The number of nitrogens with two attached hydrogens (primary N) is 1. The number of phenolic OH excluding ortho intramolecular Hbond substituents is 1. The summed E-state index contributed by atoms with van der Waals surface area (Å²) >= 11 is 0. The molecule has 19 heavy (non-hydrogen) atoms. The van der Waals surface area contributed by atoms with Crippen molar-refractivity contribution in [1.29, 1.82) is 0 Å². The third-order valence-corrected chi connectivity index (χ3v) is 3.77. The van der Waals surface area contributed by atoms with Crippen LogP contribution in [-0.4, -0.2) is 23.6 Å². The number of rotatable bonds is 5. The Morgan fingerprint density at radius 3 is 2.58 bits per heavy atom. The molecule has 1 amide bonds.